The molecular weight excluding hydrogens is 292 g/mol. The van der Waals surface area contributed by atoms with E-state index in [0.29, 0.717) is 6.61 Å². The van der Waals surface area contributed by atoms with Crippen LogP contribution >= 0.6 is 0 Å². The standard InChI is InChI=1S/C16H20N6O/c1-16(2)11-22(13-4-5-18-12(10-17)20-13)14(16)15-19-6-7-21(15)8-9-23-3/h4-7,14H,8-9,11H2,1-3H3. The minimum atomic E-state index is 0.0773. The quantitative estimate of drug-likeness (QED) is 0.837. The molecule has 3 heterocycles. The van der Waals surface area contributed by atoms with E-state index in [-0.39, 0.29) is 17.3 Å². The lowest BCUT2D eigenvalue weighted by atomic mass is 9.74. The van der Waals surface area contributed by atoms with Crippen molar-refractivity contribution in [3.63, 3.8) is 0 Å². The van der Waals surface area contributed by atoms with Crippen LogP contribution in [-0.4, -0.2) is 39.8 Å². The molecule has 23 heavy (non-hydrogen) atoms. The number of nitriles is 1. The summed E-state index contributed by atoms with van der Waals surface area (Å²) in [5.41, 5.74) is 0.0773. The Labute approximate surface area is 135 Å². The summed E-state index contributed by atoms with van der Waals surface area (Å²) in [6.45, 7) is 6.70. The van der Waals surface area contributed by atoms with Gasteiger partial charge in [-0.1, -0.05) is 13.8 Å². The number of hydrogen-bond acceptors (Lipinski definition) is 6. The van der Waals surface area contributed by atoms with Crippen LogP contribution in [0, 0.1) is 16.7 Å². The van der Waals surface area contributed by atoms with Gasteiger partial charge in [0, 0.05) is 44.2 Å². The normalized spacial score (nSPS) is 19.2. The van der Waals surface area contributed by atoms with E-state index in [1.54, 1.807) is 13.3 Å². The van der Waals surface area contributed by atoms with Crippen molar-refractivity contribution < 1.29 is 4.74 Å². The maximum atomic E-state index is 9.00. The molecule has 0 saturated carbocycles. The van der Waals surface area contributed by atoms with Crippen LogP contribution in [0.2, 0.25) is 0 Å². The summed E-state index contributed by atoms with van der Waals surface area (Å²) >= 11 is 0. The first kappa shape index (κ1) is 15.4. The van der Waals surface area contributed by atoms with Gasteiger partial charge in [0.25, 0.3) is 0 Å². The smallest absolute Gasteiger partial charge is 0.234 e. The van der Waals surface area contributed by atoms with Gasteiger partial charge in [-0.15, -0.1) is 0 Å². The summed E-state index contributed by atoms with van der Waals surface area (Å²) in [6.07, 6.45) is 5.42. The molecule has 0 aliphatic carbocycles. The minimum absolute atomic E-state index is 0.0773. The summed E-state index contributed by atoms with van der Waals surface area (Å²) in [5, 5.41) is 9.00. The van der Waals surface area contributed by atoms with E-state index >= 15 is 0 Å². The third kappa shape index (κ3) is 2.78. The number of methoxy groups -OCH3 is 1. The van der Waals surface area contributed by atoms with Crippen LogP contribution < -0.4 is 4.90 Å². The van der Waals surface area contributed by atoms with Gasteiger partial charge in [-0.2, -0.15) is 5.26 Å². The Hall–Kier alpha value is -2.46. The molecule has 7 nitrogen and oxygen atoms in total. The average molecular weight is 312 g/mol. The summed E-state index contributed by atoms with van der Waals surface area (Å²) in [6, 6.07) is 3.94. The van der Waals surface area contributed by atoms with E-state index in [2.05, 4.69) is 38.3 Å². The highest BCUT2D eigenvalue weighted by Crippen LogP contribution is 2.49. The Bertz CT molecular complexity index is 732. The maximum absolute atomic E-state index is 9.00. The first-order chi connectivity index (χ1) is 11.1. The average Bonchev–Trinajstić information content (AvgIpc) is 2.98. The first-order valence-corrected chi connectivity index (χ1v) is 7.56. The molecule has 1 aliphatic heterocycles. The van der Waals surface area contributed by atoms with Gasteiger partial charge in [0.15, 0.2) is 0 Å². The van der Waals surface area contributed by atoms with Crippen LogP contribution in [0.4, 0.5) is 5.82 Å². The van der Waals surface area contributed by atoms with Gasteiger partial charge in [-0.25, -0.2) is 15.0 Å². The topological polar surface area (TPSA) is 79.9 Å². The molecule has 1 atom stereocenters. The predicted octanol–water partition coefficient (Wildman–Crippen LogP) is 1.78. The van der Waals surface area contributed by atoms with Gasteiger partial charge >= 0.3 is 0 Å². The largest absolute Gasteiger partial charge is 0.383 e. The van der Waals surface area contributed by atoms with Crippen molar-refractivity contribution >= 4 is 5.82 Å². The number of ether oxygens (including phenoxy) is 1. The van der Waals surface area contributed by atoms with Crippen molar-refractivity contribution in [3.8, 4) is 6.07 Å². The summed E-state index contributed by atoms with van der Waals surface area (Å²) in [5.74, 6) is 1.95. The highest BCUT2D eigenvalue weighted by atomic mass is 16.5. The number of aromatic nitrogens is 4. The molecule has 0 amide bonds. The van der Waals surface area contributed by atoms with Gasteiger partial charge in [0.2, 0.25) is 5.82 Å². The third-order valence-corrected chi connectivity index (χ3v) is 4.19. The van der Waals surface area contributed by atoms with Crippen LogP contribution in [0.1, 0.15) is 31.5 Å². The van der Waals surface area contributed by atoms with Crippen molar-refractivity contribution in [1.82, 2.24) is 19.5 Å². The fraction of sp³-hybridized carbons (Fsp3) is 0.500. The van der Waals surface area contributed by atoms with E-state index in [0.717, 1.165) is 24.7 Å². The van der Waals surface area contributed by atoms with Crippen molar-refractivity contribution in [2.24, 2.45) is 5.41 Å². The molecule has 7 heteroatoms. The number of hydrogen-bond donors (Lipinski definition) is 0. The van der Waals surface area contributed by atoms with Crippen molar-refractivity contribution in [1.29, 1.82) is 5.26 Å². The molecule has 2 aromatic heterocycles. The fourth-order valence-electron chi connectivity index (χ4n) is 3.14. The van der Waals surface area contributed by atoms with E-state index in [1.807, 2.05) is 24.5 Å². The molecule has 3 rings (SSSR count). The molecule has 1 unspecified atom stereocenters. The van der Waals surface area contributed by atoms with Gasteiger partial charge in [0.05, 0.1) is 12.6 Å². The lowest BCUT2D eigenvalue weighted by Crippen LogP contribution is -2.57. The molecule has 0 spiro atoms. The second-order valence-electron chi connectivity index (χ2n) is 6.34. The minimum Gasteiger partial charge on any atom is -0.383 e. The Morgan fingerprint density at radius 3 is 2.91 bits per heavy atom. The Morgan fingerprint density at radius 1 is 1.39 bits per heavy atom. The molecule has 0 bridgehead atoms. The summed E-state index contributed by atoms with van der Waals surface area (Å²) < 4.78 is 7.30. The molecule has 0 radical (unpaired) electrons. The second kappa shape index (κ2) is 5.97. The molecular formula is C16H20N6O. The van der Waals surface area contributed by atoms with Gasteiger partial charge in [0.1, 0.15) is 17.7 Å². The number of rotatable bonds is 5. The Morgan fingerprint density at radius 2 is 2.22 bits per heavy atom. The highest BCUT2D eigenvalue weighted by molar-refractivity contribution is 5.47. The Balaban J connectivity index is 1.92. The van der Waals surface area contributed by atoms with Gasteiger partial charge in [-0.3, -0.25) is 0 Å². The van der Waals surface area contributed by atoms with E-state index in [1.165, 1.54) is 0 Å². The zero-order chi connectivity index (χ0) is 16.4. The van der Waals surface area contributed by atoms with E-state index < -0.39 is 0 Å². The van der Waals surface area contributed by atoms with E-state index in [4.69, 9.17) is 10.00 Å². The maximum Gasteiger partial charge on any atom is 0.234 e. The summed E-state index contributed by atoms with van der Waals surface area (Å²) in [4.78, 5) is 15.0. The van der Waals surface area contributed by atoms with Crippen LogP contribution in [0.3, 0.4) is 0 Å². The number of imidazole rings is 1. The fourth-order valence-corrected chi connectivity index (χ4v) is 3.14. The molecule has 2 aromatic rings. The zero-order valence-electron chi connectivity index (χ0n) is 13.6. The lowest BCUT2D eigenvalue weighted by molar-refractivity contribution is 0.156. The van der Waals surface area contributed by atoms with Crippen LogP contribution in [0.5, 0.6) is 0 Å². The highest BCUT2D eigenvalue weighted by Gasteiger charge is 2.49. The van der Waals surface area contributed by atoms with Gasteiger partial charge < -0.3 is 14.2 Å². The molecule has 120 valence electrons. The zero-order valence-corrected chi connectivity index (χ0v) is 13.6. The lowest BCUT2D eigenvalue weighted by Gasteiger charge is -2.54. The summed E-state index contributed by atoms with van der Waals surface area (Å²) in [7, 11) is 1.69. The Kier molecular flexibility index (Phi) is 4.01. The SMILES string of the molecule is COCCn1ccnc1C1N(c2ccnc(C#N)n2)CC1(C)C. The molecule has 1 aliphatic rings. The third-order valence-electron chi connectivity index (χ3n) is 4.19. The van der Waals surface area contributed by atoms with E-state index in [9.17, 15) is 0 Å². The second-order valence-corrected chi connectivity index (χ2v) is 6.34. The monoisotopic (exact) mass is 312 g/mol. The number of anilines is 1. The molecule has 0 aromatic carbocycles. The van der Waals surface area contributed by atoms with Crippen molar-refractivity contribution in [2.75, 3.05) is 25.2 Å². The molecule has 0 N–H and O–H groups in total. The number of nitrogens with zero attached hydrogens (tertiary/aromatic N) is 6. The molecule has 1 saturated heterocycles. The first-order valence-electron chi connectivity index (χ1n) is 7.56. The van der Waals surface area contributed by atoms with Gasteiger partial charge in [-0.05, 0) is 6.07 Å². The predicted molar refractivity (Wildman–Crippen MR) is 84.7 cm³/mol. The van der Waals surface area contributed by atoms with Crippen LogP contribution in [0.15, 0.2) is 24.7 Å². The van der Waals surface area contributed by atoms with Crippen molar-refractivity contribution in [3.05, 3.63) is 36.3 Å². The van der Waals surface area contributed by atoms with Crippen LogP contribution in [0.25, 0.3) is 0 Å². The molecule has 1 fully saturated rings. The van der Waals surface area contributed by atoms with Crippen LogP contribution in [-0.2, 0) is 11.3 Å². The van der Waals surface area contributed by atoms with Crippen molar-refractivity contribution in [2.45, 2.75) is 26.4 Å².